The Bertz CT molecular complexity index is 1070. The van der Waals surface area contributed by atoms with Gasteiger partial charge in [0, 0.05) is 28.4 Å². The average molecular weight is 423 g/mol. The minimum Gasteiger partial charge on any atom is -0.452 e. The van der Waals surface area contributed by atoms with Crippen molar-refractivity contribution >= 4 is 29.3 Å². The van der Waals surface area contributed by atoms with E-state index in [1.165, 1.54) is 11.8 Å². The summed E-state index contributed by atoms with van der Waals surface area (Å²) in [7, 11) is 0. The number of para-hydroxylation sites is 1. The molecular formula is C23H22N2O4S. The van der Waals surface area contributed by atoms with Gasteiger partial charge in [-0.15, -0.1) is 11.8 Å². The highest BCUT2D eigenvalue weighted by Gasteiger charge is 2.25. The maximum absolute atomic E-state index is 12.7. The number of aromatic nitrogens is 1. The molecule has 0 fully saturated rings. The topological polar surface area (TPSA) is 72.6 Å². The van der Waals surface area contributed by atoms with E-state index < -0.39 is 5.97 Å². The number of carbonyl (C=O) groups is 2. The zero-order chi connectivity index (χ0) is 21.1. The van der Waals surface area contributed by atoms with Crippen LogP contribution in [0.25, 0.3) is 0 Å². The van der Waals surface area contributed by atoms with Gasteiger partial charge >= 0.3 is 5.97 Å². The summed E-state index contributed by atoms with van der Waals surface area (Å²) in [4.78, 5) is 27.8. The molecule has 6 nitrogen and oxygen atoms in total. The van der Waals surface area contributed by atoms with Gasteiger partial charge in [-0.05, 0) is 44.0 Å². The monoisotopic (exact) mass is 422 g/mol. The molecule has 0 unspecified atom stereocenters. The lowest BCUT2D eigenvalue weighted by molar-refractivity contribution is -0.121. The maximum atomic E-state index is 12.7. The number of amides is 1. The van der Waals surface area contributed by atoms with Crippen LogP contribution in [0.3, 0.4) is 0 Å². The van der Waals surface area contributed by atoms with Gasteiger partial charge in [-0.25, -0.2) is 4.79 Å². The molecule has 30 heavy (non-hydrogen) atoms. The second kappa shape index (κ2) is 8.75. The third kappa shape index (κ3) is 4.11. The Hall–Kier alpha value is -3.06. The fraction of sp³-hybridized carbons (Fsp3) is 0.261. The third-order valence-electron chi connectivity index (χ3n) is 5.18. The number of hydrogen-bond donors (Lipinski definition) is 0. The first-order chi connectivity index (χ1) is 14.5. The molecule has 0 spiro atoms. The molecule has 2 aromatic carbocycles. The number of carbonyl (C=O) groups excluding carboxylic acids is 2. The molecule has 2 heterocycles. The highest BCUT2D eigenvalue weighted by atomic mass is 32.2. The lowest BCUT2D eigenvalue weighted by Gasteiger charge is -2.17. The minimum absolute atomic E-state index is 0.214. The highest BCUT2D eigenvalue weighted by Crippen LogP contribution is 2.30. The second-order valence-corrected chi connectivity index (χ2v) is 8.10. The van der Waals surface area contributed by atoms with Gasteiger partial charge in [0.1, 0.15) is 5.76 Å². The van der Waals surface area contributed by atoms with Gasteiger partial charge in [-0.2, -0.15) is 0 Å². The smallest absolute Gasteiger partial charge is 0.339 e. The first-order valence-corrected chi connectivity index (χ1v) is 10.7. The summed E-state index contributed by atoms with van der Waals surface area (Å²) in [6, 6.07) is 15.1. The summed E-state index contributed by atoms with van der Waals surface area (Å²) in [5, 5.41) is 3.97. The van der Waals surface area contributed by atoms with E-state index in [2.05, 4.69) is 5.16 Å². The van der Waals surface area contributed by atoms with Crippen LogP contribution in [-0.4, -0.2) is 30.2 Å². The standard InChI is InChI=1S/C23H22N2O4S/c1-15-19(16(2)29-24-15)14-30-21-10-6-4-8-18(21)23(27)28-13-22(26)25-12-11-17-7-3-5-9-20(17)25/h3-10H,11-14H2,1-2H3. The fourth-order valence-corrected chi connectivity index (χ4v) is 4.69. The highest BCUT2D eigenvalue weighted by molar-refractivity contribution is 7.98. The quantitative estimate of drug-likeness (QED) is 0.435. The second-order valence-electron chi connectivity index (χ2n) is 7.09. The van der Waals surface area contributed by atoms with Crippen molar-refractivity contribution in [3.8, 4) is 0 Å². The normalized spacial score (nSPS) is 12.7. The van der Waals surface area contributed by atoms with E-state index in [0.717, 1.165) is 39.6 Å². The van der Waals surface area contributed by atoms with Crippen molar-refractivity contribution < 1.29 is 18.8 Å². The first kappa shape index (κ1) is 20.2. The number of thioether (sulfide) groups is 1. The third-order valence-corrected chi connectivity index (χ3v) is 6.28. The van der Waals surface area contributed by atoms with Gasteiger partial charge in [-0.3, -0.25) is 4.79 Å². The summed E-state index contributed by atoms with van der Waals surface area (Å²) in [6.45, 7) is 4.10. The number of fused-ring (bicyclic) bond motifs is 1. The Morgan fingerprint density at radius 2 is 1.90 bits per heavy atom. The van der Waals surface area contributed by atoms with E-state index in [-0.39, 0.29) is 12.5 Å². The predicted molar refractivity (Wildman–Crippen MR) is 115 cm³/mol. The molecule has 0 bridgehead atoms. The lowest BCUT2D eigenvalue weighted by Crippen LogP contribution is -2.33. The van der Waals surface area contributed by atoms with Crippen LogP contribution in [0.2, 0.25) is 0 Å². The number of anilines is 1. The van der Waals surface area contributed by atoms with Gasteiger partial charge in [0.15, 0.2) is 6.61 Å². The Balaban J connectivity index is 1.40. The molecule has 1 aromatic heterocycles. The molecule has 4 rings (SSSR count). The van der Waals surface area contributed by atoms with Crippen LogP contribution >= 0.6 is 11.8 Å². The molecule has 1 amide bonds. The zero-order valence-electron chi connectivity index (χ0n) is 16.9. The largest absolute Gasteiger partial charge is 0.452 e. The van der Waals surface area contributed by atoms with E-state index in [1.807, 2.05) is 50.2 Å². The van der Waals surface area contributed by atoms with Crippen LogP contribution in [0.15, 0.2) is 57.9 Å². The number of esters is 1. The van der Waals surface area contributed by atoms with Crippen molar-refractivity contribution in [2.75, 3.05) is 18.1 Å². The van der Waals surface area contributed by atoms with Crippen LogP contribution in [0.1, 0.15) is 32.9 Å². The number of aryl methyl sites for hydroxylation is 2. The van der Waals surface area contributed by atoms with Gasteiger partial charge in [0.25, 0.3) is 5.91 Å². The molecule has 0 saturated carbocycles. The predicted octanol–water partition coefficient (Wildman–Crippen LogP) is 4.33. The van der Waals surface area contributed by atoms with Crippen LogP contribution in [0, 0.1) is 13.8 Å². The van der Waals surface area contributed by atoms with E-state index in [4.69, 9.17) is 9.26 Å². The van der Waals surface area contributed by atoms with Crippen LogP contribution in [0.4, 0.5) is 5.69 Å². The van der Waals surface area contributed by atoms with Gasteiger partial charge < -0.3 is 14.2 Å². The van der Waals surface area contributed by atoms with Gasteiger partial charge in [0.05, 0.1) is 11.3 Å². The summed E-state index contributed by atoms with van der Waals surface area (Å²) in [5.74, 6) is 0.693. The Labute approximate surface area is 179 Å². The van der Waals surface area contributed by atoms with Crippen molar-refractivity contribution in [3.05, 3.63) is 76.7 Å². The molecule has 7 heteroatoms. The Morgan fingerprint density at radius 1 is 1.13 bits per heavy atom. The van der Waals surface area contributed by atoms with Crippen molar-refractivity contribution in [2.24, 2.45) is 0 Å². The van der Waals surface area contributed by atoms with E-state index >= 15 is 0 Å². The van der Waals surface area contributed by atoms with Gasteiger partial charge in [-0.1, -0.05) is 35.5 Å². The Morgan fingerprint density at radius 3 is 2.70 bits per heavy atom. The maximum Gasteiger partial charge on any atom is 0.339 e. The van der Waals surface area contributed by atoms with Crippen molar-refractivity contribution in [1.29, 1.82) is 0 Å². The molecule has 0 N–H and O–H groups in total. The molecule has 1 aliphatic heterocycles. The van der Waals surface area contributed by atoms with E-state index in [1.54, 1.807) is 17.0 Å². The van der Waals surface area contributed by atoms with Crippen LogP contribution in [-0.2, 0) is 21.7 Å². The molecule has 3 aromatic rings. The Kier molecular flexibility index (Phi) is 5.90. The fourth-order valence-electron chi connectivity index (χ4n) is 3.50. The number of ether oxygens (including phenoxy) is 1. The summed E-state index contributed by atoms with van der Waals surface area (Å²) in [6.07, 6.45) is 0.817. The number of hydrogen-bond acceptors (Lipinski definition) is 6. The van der Waals surface area contributed by atoms with Crippen LogP contribution in [0.5, 0.6) is 0 Å². The van der Waals surface area contributed by atoms with Crippen molar-refractivity contribution in [2.45, 2.75) is 30.9 Å². The van der Waals surface area contributed by atoms with Crippen molar-refractivity contribution in [1.82, 2.24) is 5.16 Å². The van der Waals surface area contributed by atoms with E-state index in [0.29, 0.717) is 17.9 Å². The van der Waals surface area contributed by atoms with Crippen molar-refractivity contribution in [3.63, 3.8) is 0 Å². The molecule has 154 valence electrons. The zero-order valence-corrected chi connectivity index (χ0v) is 17.7. The summed E-state index contributed by atoms with van der Waals surface area (Å²) in [5.41, 5.74) is 4.35. The molecular weight excluding hydrogens is 400 g/mol. The SMILES string of the molecule is Cc1noc(C)c1CSc1ccccc1C(=O)OCC(=O)N1CCc2ccccc21. The lowest BCUT2D eigenvalue weighted by atomic mass is 10.2. The van der Waals surface area contributed by atoms with E-state index in [9.17, 15) is 9.59 Å². The first-order valence-electron chi connectivity index (χ1n) is 9.73. The van der Waals surface area contributed by atoms with Gasteiger partial charge in [0.2, 0.25) is 0 Å². The molecule has 0 atom stereocenters. The molecule has 0 radical (unpaired) electrons. The summed E-state index contributed by atoms with van der Waals surface area (Å²) < 4.78 is 10.6. The molecule has 0 aliphatic carbocycles. The number of benzene rings is 2. The minimum atomic E-state index is -0.502. The number of rotatable bonds is 6. The molecule has 1 aliphatic rings. The average Bonchev–Trinajstić information content (AvgIpc) is 3.33. The molecule has 0 saturated heterocycles. The summed E-state index contributed by atoms with van der Waals surface area (Å²) >= 11 is 1.52. The van der Waals surface area contributed by atoms with Crippen LogP contribution < -0.4 is 4.90 Å². The number of nitrogens with zero attached hydrogens (tertiary/aromatic N) is 2.